The van der Waals surface area contributed by atoms with E-state index in [1.165, 1.54) is 5.39 Å². The van der Waals surface area contributed by atoms with Crippen LogP contribution in [0.2, 0.25) is 0 Å². The van der Waals surface area contributed by atoms with Gasteiger partial charge in [-0.15, -0.1) is 5.10 Å². The van der Waals surface area contributed by atoms with Crippen molar-refractivity contribution in [3.05, 3.63) is 54.6 Å². The van der Waals surface area contributed by atoms with Crippen LogP contribution in [-0.2, 0) is 4.79 Å². The molecular weight excluding hydrogens is 298 g/mol. The van der Waals surface area contributed by atoms with Gasteiger partial charge in [0.15, 0.2) is 5.82 Å². The highest BCUT2D eigenvalue weighted by atomic mass is 16.1. The van der Waals surface area contributed by atoms with Crippen molar-refractivity contribution < 1.29 is 4.79 Å². The Kier molecular flexibility index (Phi) is 3.65. The number of carbonyl (C=O) groups excluding carboxylic acids is 1. The smallest absolute Gasteiger partial charge is 0.225 e. The zero-order valence-electron chi connectivity index (χ0n) is 13.6. The molecule has 0 radical (unpaired) electrons. The first-order valence-corrected chi connectivity index (χ1v) is 8.35. The fourth-order valence-corrected chi connectivity index (χ4v) is 3.13. The Labute approximate surface area is 140 Å². The van der Waals surface area contributed by atoms with E-state index in [1.54, 1.807) is 0 Å². The Morgan fingerprint density at radius 1 is 1.17 bits per heavy atom. The van der Waals surface area contributed by atoms with Crippen molar-refractivity contribution in [1.82, 2.24) is 9.78 Å². The minimum atomic E-state index is -0.0251. The van der Waals surface area contributed by atoms with Gasteiger partial charge in [-0.2, -0.15) is 0 Å². The number of nitrogens with zero attached hydrogens (tertiary/aromatic N) is 2. The van der Waals surface area contributed by atoms with Crippen LogP contribution in [-0.4, -0.2) is 15.7 Å². The van der Waals surface area contributed by atoms with E-state index in [4.69, 9.17) is 5.10 Å². The predicted molar refractivity (Wildman–Crippen MR) is 98.8 cm³/mol. The Morgan fingerprint density at radius 3 is 2.83 bits per heavy atom. The molecule has 0 fully saturated rings. The first-order chi connectivity index (χ1) is 11.8. The highest BCUT2D eigenvalue weighted by molar-refractivity contribution is 6.12. The predicted octanol–water partition coefficient (Wildman–Crippen LogP) is 4.73. The molecule has 1 heterocycles. The summed E-state index contributed by atoms with van der Waals surface area (Å²) >= 11 is 0. The van der Waals surface area contributed by atoms with Crippen LogP contribution in [0, 0.1) is 0 Å². The van der Waals surface area contributed by atoms with Gasteiger partial charge in [-0.05, 0) is 30.4 Å². The van der Waals surface area contributed by atoms with Crippen LogP contribution < -0.4 is 5.32 Å². The summed E-state index contributed by atoms with van der Waals surface area (Å²) in [6.07, 6.45) is 8.96. The molecule has 0 spiro atoms. The fraction of sp³-hybridized carbons (Fsp3) is 0.200. The van der Waals surface area contributed by atoms with Gasteiger partial charge in [0.2, 0.25) is 5.91 Å². The second kappa shape index (κ2) is 5.96. The van der Waals surface area contributed by atoms with Crippen molar-refractivity contribution in [2.24, 2.45) is 0 Å². The van der Waals surface area contributed by atoms with Crippen molar-refractivity contribution >= 4 is 39.1 Å². The van der Waals surface area contributed by atoms with E-state index in [0.717, 1.165) is 34.8 Å². The normalized spacial score (nSPS) is 14.1. The zero-order chi connectivity index (χ0) is 16.5. The lowest BCUT2D eigenvalue weighted by atomic mass is 10.1. The largest absolute Gasteiger partial charge is 0.309 e. The van der Waals surface area contributed by atoms with Crippen LogP contribution in [0.1, 0.15) is 26.2 Å². The van der Waals surface area contributed by atoms with E-state index in [2.05, 4.69) is 41.7 Å². The molecule has 2 aromatic carbocycles. The number of hydrogen-bond acceptors (Lipinski definition) is 2. The summed E-state index contributed by atoms with van der Waals surface area (Å²) in [5.41, 5.74) is 2.09. The van der Waals surface area contributed by atoms with E-state index in [-0.39, 0.29) is 5.91 Å². The molecule has 0 bridgehead atoms. The van der Waals surface area contributed by atoms with Gasteiger partial charge in [-0.3, -0.25) is 4.79 Å². The monoisotopic (exact) mass is 317 g/mol. The molecule has 0 atom stereocenters. The summed E-state index contributed by atoms with van der Waals surface area (Å²) in [5, 5.41) is 10.9. The second-order valence-corrected chi connectivity index (χ2v) is 5.95. The fourth-order valence-electron chi connectivity index (χ4n) is 3.13. The van der Waals surface area contributed by atoms with Gasteiger partial charge in [0, 0.05) is 17.2 Å². The highest BCUT2D eigenvalue weighted by Gasteiger charge is 2.16. The third kappa shape index (κ3) is 2.40. The molecule has 1 amide bonds. The average molecular weight is 317 g/mol. The number of hydrogen-bond donors (Lipinski definition) is 1. The number of anilines is 1. The average Bonchev–Trinajstić information content (AvgIpc) is 3.01. The number of benzene rings is 2. The Hall–Kier alpha value is -2.88. The minimum absolute atomic E-state index is 0.0251. The molecule has 3 aromatic rings. The first kappa shape index (κ1) is 14.7. The van der Waals surface area contributed by atoms with Crippen molar-refractivity contribution in [3.8, 4) is 0 Å². The van der Waals surface area contributed by atoms with Gasteiger partial charge < -0.3 is 5.32 Å². The molecule has 4 nitrogen and oxygen atoms in total. The third-order valence-electron chi connectivity index (χ3n) is 4.37. The summed E-state index contributed by atoms with van der Waals surface area (Å²) in [5.74, 6) is 0.602. The summed E-state index contributed by atoms with van der Waals surface area (Å²) in [6.45, 7) is 1.84. The first-order valence-electron chi connectivity index (χ1n) is 8.35. The van der Waals surface area contributed by atoms with E-state index in [1.807, 2.05) is 29.8 Å². The number of carbonyl (C=O) groups is 1. The Morgan fingerprint density at radius 2 is 2.04 bits per heavy atom. The molecule has 0 aliphatic heterocycles. The van der Waals surface area contributed by atoms with Crippen LogP contribution in [0.15, 0.2) is 54.6 Å². The molecule has 0 saturated heterocycles. The molecule has 1 N–H and O–H groups in total. The topological polar surface area (TPSA) is 46.9 Å². The van der Waals surface area contributed by atoms with Crippen LogP contribution in [0.4, 0.5) is 5.82 Å². The minimum Gasteiger partial charge on any atom is -0.309 e. The maximum absolute atomic E-state index is 11.9. The van der Waals surface area contributed by atoms with E-state index < -0.39 is 0 Å². The van der Waals surface area contributed by atoms with Gasteiger partial charge in [0.25, 0.3) is 0 Å². The van der Waals surface area contributed by atoms with Gasteiger partial charge in [-0.1, -0.05) is 49.4 Å². The number of fused-ring (bicyclic) bond motifs is 3. The van der Waals surface area contributed by atoms with Crippen LogP contribution in [0.5, 0.6) is 0 Å². The van der Waals surface area contributed by atoms with Gasteiger partial charge >= 0.3 is 0 Å². The molecule has 0 unspecified atom stereocenters. The van der Waals surface area contributed by atoms with Crippen molar-refractivity contribution in [2.45, 2.75) is 26.2 Å². The maximum Gasteiger partial charge on any atom is 0.225 e. The number of nitrogens with one attached hydrogen (secondary N) is 1. The third-order valence-corrected chi connectivity index (χ3v) is 4.37. The quantitative estimate of drug-likeness (QED) is 0.759. The van der Waals surface area contributed by atoms with E-state index in [9.17, 15) is 4.79 Å². The Balaban J connectivity index is 2.02. The highest BCUT2D eigenvalue weighted by Crippen LogP contribution is 2.33. The van der Waals surface area contributed by atoms with Crippen LogP contribution in [0.25, 0.3) is 27.4 Å². The summed E-state index contributed by atoms with van der Waals surface area (Å²) < 4.78 is 1.96. The van der Waals surface area contributed by atoms with Crippen molar-refractivity contribution in [3.63, 3.8) is 0 Å². The molecule has 4 heteroatoms. The standard InChI is InChI=1S/C20H19N3O/c1-2-18(24)21-20-17-13-12-14-8-6-7-11-16(14)19(17)23(22-20)15-9-4-3-5-10-15/h4,6-13H,2-3,5H2,1H3,(H,21,22,24). The summed E-state index contributed by atoms with van der Waals surface area (Å²) in [6, 6.07) is 12.4. The van der Waals surface area contributed by atoms with Crippen LogP contribution in [0.3, 0.4) is 0 Å². The maximum atomic E-state index is 11.9. The molecule has 24 heavy (non-hydrogen) atoms. The molecular formula is C20H19N3O. The van der Waals surface area contributed by atoms with Gasteiger partial charge in [0.1, 0.15) is 0 Å². The number of rotatable bonds is 3. The molecule has 1 aliphatic rings. The second-order valence-electron chi connectivity index (χ2n) is 5.95. The lowest BCUT2D eigenvalue weighted by Gasteiger charge is -2.09. The van der Waals surface area contributed by atoms with E-state index in [0.29, 0.717) is 12.2 Å². The SMILES string of the molecule is CCC(=O)Nc1nn(C2=CCCC=C2)c2c1ccc1ccccc12. The Bertz CT molecular complexity index is 995. The lowest BCUT2D eigenvalue weighted by Crippen LogP contribution is -2.10. The number of amides is 1. The molecule has 1 aromatic heterocycles. The number of aromatic nitrogens is 2. The van der Waals surface area contributed by atoms with Crippen LogP contribution >= 0.6 is 0 Å². The zero-order valence-corrected chi connectivity index (χ0v) is 13.6. The van der Waals surface area contributed by atoms with E-state index >= 15 is 0 Å². The molecule has 0 saturated carbocycles. The van der Waals surface area contributed by atoms with Gasteiger partial charge in [0.05, 0.1) is 11.2 Å². The summed E-state index contributed by atoms with van der Waals surface area (Å²) in [7, 11) is 0. The van der Waals surface area contributed by atoms with Crippen molar-refractivity contribution in [2.75, 3.05) is 5.32 Å². The molecule has 1 aliphatic carbocycles. The summed E-state index contributed by atoms with van der Waals surface area (Å²) in [4.78, 5) is 11.9. The van der Waals surface area contributed by atoms with Gasteiger partial charge in [-0.25, -0.2) is 4.68 Å². The number of allylic oxidation sites excluding steroid dienone is 4. The lowest BCUT2D eigenvalue weighted by molar-refractivity contribution is -0.115. The molecule has 120 valence electrons. The van der Waals surface area contributed by atoms with Crippen molar-refractivity contribution in [1.29, 1.82) is 0 Å². The molecule has 4 rings (SSSR count).